The first-order valence-corrected chi connectivity index (χ1v) is 7.75. The Morgan fingerprint density at radius 2 is 1.78 bits per heavy atom. The van der Waals surface area contributed by atoms with Crippen LogP contribution in [0.2, 0.25) is 0 Å². The van der Waals surface area contributed by atoms with Gasteiger partial charge < -0.3 is 24.5 Å². The van der Waals surface area contributed by atoms with Gasteiger partial charge in [-0.05, 0) is 39.7 Å². The number of carbonyl (C=O) groups is 1. The third-order valence-corrected chi connectivity index (χ3v) is 3.73. The quantitative estimate of drug-likeness (QED) is 0.771. The zero-order valence-corrected chi connectivity index (χ0v) is 14.8. The number of hydrogen-bond acceptors (Lipinski definition) is 4. The van der Waals surface area contributed by atoms with Gasteiger partial charge in [-0.25, -0.2) is 0 Å². The topological polar surface area (TPSA) is 72.6 Å². The van der Waals surface area contributed by atoms with Crippen molar-refractivity contribution in [1.29, 1.82) is 0 Å². The van der Waals surface area contributed by atoms with Crippen LogP contribution in [0.4, 0.5) is 0 Å². The lowest BCUT2D eigenvalue weighted by Gasteiger charge is -2.14. The third kappa shape index (κ3) is 4.41. The molecular formula is C16H19BrN2O4. The fraction of sp³-hybridized carbons (Fsp3) is 0.312. The maximum atomic E-state index is 12.1. The molecule has 23 heavy (non-hydrogen) atoms. The standard InChI is InChI=1S/C16H19BrN2O4/c1-21-13-4-10(5-14(22-2)16(13)23-3)6-15(20)19-9-12-7-11(17)8-18-12/h4-5,7-8,18H,6,9H2,1-3H3,(H,19,20). The Hall–Kier alpha value is -2.15. The van der Waals surface area contributed by atoms with E-state index >= 15 is 0 Å². The van der Waals surface area contributed by atoms with Gasteiger partial charge in [0.05, 0.1) is 34.3 Å². The van der Waals surface area contributed by atoms with Crippen molar-refractivity contribution in [3.8, 4) is 17.2 Å². The second kappa shape index (κ2) is 7.92. The predicted octanol–water partition coefficient (Wildman–Crippen LogP) is 2.66. The van der Waals surface area contributed by atoms with Crippen molar-refractivity contribution >= 4 is 21.8 Å². The molecule has 1 heterocycles. The molecule has 1 aromatic heterocycles. The van der Waals surface area contributed by atoms with Crippen LogP contribution in [0.3, 0.4) is 0 Å². The first-order valence-electron chi connectivity index (χ1n) is 6.95. The summed E-state index contributed by atoms with van der Waals surface area (Å²) in [7, 11) is 4.63. The van der Waals surface area contributed by atoms with Crippen molar-refractivity contribution in [1.82, 2.24) is 10.3 Å². The Morgan fingerprint density at radius 1 is 1.13 bits per heavy atom. The van der Waals surface area contributed by atoms with E-state index < -0.39 is 0 Å². The highest BCUT2D eigenvalue weighted by Crippen LogP contribution is 2.38. The fourth-order valence-electron chi connectivity index (χ4n) is 2.19. The number of H-pyrrole nitrogens is 1. The normalized spacial score (nSPS) is 10.3. The molecule has 6 nitrogen and oxygen atoms in total. The highest BCUT2D eigenvalue weighted by Gasteiger charge is 2.14. The summed E-state index contributed by atoms with van der Waals surface area (Å²) in [4.78, 5) is 15.2. The number of aromatic nitrogens is 1. The molecule has 0 aliphatic rings. The first-order chi connectivity index (χ1) is 11.1. The van der Waals surface area contributed by atoms with E-state index in [1.54, 1.807) is 33.5 Å². The molecule has 1 aromatic carbocycles. The summed E-state index contributed by atoms with van der Waals surface area (Å²) in [5.74, 6) is 1.48. The molecule has 124 valence electrons. The zero-order chi connectivity index (χ0) is 16.8. The monoisotopic (exact) mass is 382 g/mol. The van der Waals surface area contributed by atoms with Crippen LogP contribution >= 0.6 is 15.9 Å². The average molecular weight is 383 g/mol. The average Bonchev–Trinajstić information content (AvgIpc) is 2.97. The minimum absolute atomic E-state index is 0.0926. The lowest BCUT2D eigenvalue weighted by Crippen LogP contribution is -2.24. The predicted molar refractivity (Wildman–Crippen MR) is 90.1 cm³/mol. The Morgan fingerprint density at radius 3 is 2.26 bits per heavy atom. The van der Waals surface area contributed by atoms with Crippen LogP contribution in [0.15, 0.2) is 28.9 Å². The van der Waals surface area contributed by atoms with Crippen LogP contribution in [0, 0.1) is 0 Å². The van der Waals surface area contributed by atoms with Gasteiger partial charge in [-0.15, -0.1) is 0 Å². The second-order valence-corrected chi connectivity index (χ2v) is 5.75. The van der Waals surface area contributed by atoms with E-state index in [9.17, 15) is 4.79 Å². The molecule has 0 fully saturated rings. The van der Waals surface area contributed by atoms with Crippen LogP contribution in [0.1, 0.15) is 11.3 Å². The van der Waals surface area contributed by atoms with Gasteiger partial charge in [-0.3, -0.25) is 4.79 Å². The van der Waals surface area contributed by atoms with Crippen molar-refractivity contribution < 1.29 is 19.0 Å². The molecule has 0 bridgehead atoms. The van der Waals surface area contributed by atoms with E-state index in [2.05, 4.69) is 26.2 Å². The maximum Gasteiger partial charge on any atom is 0.224 e. The van der Waals surface area contributed by atoms with Crippen molar-refractivity contribution in [2.45, 2.75) is 13.0 Å². The van der Waals surface area contributed by atoms with Gasteiger partial charge in [0, 0.05) is 16.4 Å². The Bertz CT molecular complexity index is 659. The lowest BCUT2D eigenvalue weighted by atomic mass is 10.1. The van der Waals surface area contributed by atoms with E-state index in [-0.39, 0.29) is 12.3 Å². The number of methoxy groups -OCH3 is 3. The second-order valence-electron chi connectivity index (χ2n) is 4.83. The smallest absolute Gasteiger partial charge is 0.224 e. The van der Waals surface area contributed by atoms with Crippen LogP contribution < -0.4 is 19.5 Å². The molecule has 0 atom stereocenters. The third-order valence-electron chi connectivity index (χ3n) is 3.27. The largest absolute Gasteiger partial charge is 0.493 e. The van der Waals surface area contributed by atoms with Crippen molar-refractivity contribution in [3.63, 3.8) is 0 Å². The van der Waals surface area contributed by atoms with Crippen molar-refractivity contribution in [3.05, 3.63) is 40.1 Å². The van der Waals surface area contributed by atoms with E-state index in [4.69, 9.17) is 14.2 Å². The zero-order valence-electron chi connectivity index (χ0n) is 13.2. The molecule has 7 heteroatoms. The molecule has 2 N–H and O–H groups in total. The molecule has 1 amide bonds. The van der Waals surface area contributed by atoms with E-state index in [0.29, 0.717) is 23.8 Å². The van der Waals surface area contributed by atoms with Gasteiger partial charge in [-0.2, -0.15) is 0 Å². The SMILES string of the molecule is COc1cc(CC(=O)NCc2cc(Br)c[nH]2)cc(OC)c1OC. The highest BCUT2D eigenvalue weighted by atomic mass is 79.9. The molecule has 0 radical (unpaired) electrons. The van der Waals surface area contributed by atoms with Crippen molar-refractivity contribution in [2.75, 3.05) is 21.3 Å². The van der Waals surface area contributed by atoms with Crippen molar-refractivity contribution in [2.24, 2.45) is 0 Å². The molecule has 0 unspecified atom stereocenters. The number of aromatic amines is 1. The minimum Gasteiger partial charge on any atom is -0.493 e. The summed E-state index contributed by atoms with van der Waals surface area (Å²) in [6.07, 6.45) is 2.04. The Balaban J connectivity index is 2.05. The molecule has 0 aliphatic carbocycles. The van der Waals surface area contributed by atoms with Gasteiger partial charge >= 0.3 is 0 Å². The molecule has 0 saturated heterocycles. The van der Waals surface area contributed by atoms with E-state index in [0.717, 1.165) is 15.7 Å². The number of nitrogens with one attached hydrogen (secondary N) is 2. The van der Waals surface area contributed by atoms with Crippen LogP contribution in [0.5, 0.6) is 17.2 Å². The highest BCUT2D eigenvalue weighted by molar-refractivity contribution is 9.10. The summed E-state index contributed by atoms with van der Waals surface area (Å²) >= 11 is 3.35. The molecule has 0 aliphatic heterocycles. The van der Waals surface area contributed by atoms with Gasteiger partial charge in [0.25, 0.3) is 0 Å². The molecule has 0 spiro atoms. The van der Waals surface area contributed by atoms with Gasteiger partial charge in [0.15, 0.2) is 11.5 Å². The van der Waals surface area contributed by atoms with E-state index in [1.807, 2.05) is 12.3 Å². The van der Waals surface area contributed by atoms with E-state index in [1.165, 1.54) is 0 Å². The number of carbonyl (C=O) groups excluding carboxylic acids is 1. The molecule has 2 rings (SSSR count). The van der Waals surface area contributed by atoms with Gasteiger partial charge in [-0.1, -0.05) is 0 Å². The number of halogens is 1. The fourth-order valence-corrected chi connectivity index (χ4v) is 2.58. The molecule has 2 aromatic rings. The van der Waals surface area contributed by atoms with Gasteiger partial charge in [0.1, 0.15) is 0 Å². The number of hydrogen-bond donors (Lipinski definition) is 2. The lowest BCUT2D eigenvalue weighted by molar-refractivity contribution is -0.120. The van der Waals surface area contributed by atoms with Crippen LogP contribution in [0.25, 0.3) is 0 Å². The minimum atomic E-state index is -0.0926. The summed E-state index contributed by atoms with van der Waals surface area (Å²) in [5, 5.41) is 2.86. The number of rotatable bonds is 7. The summed E-state index contributed by atoms with van der Waals surface area (Å²) in [5.41, 5.74) is 1.71. The van der Waals surface area contributed by atoms with Gasteiger partial charge in [0.2, 0.25) is 11.7 Å². The first kappa shape index (κ1) is 17.2. The van der Waals surface area contributed by atoms with Crippen LogP contribution in [-0.2, 0) is 17.8 Å². The summed E-state index contributed by atoms with van der Waals surface area (Å²) < 4.78 is 16.8. The summed E-state index contributed by atoms with van der Waals surface area (Å²) in [6.45, 7) is 0.439. The summed E-state index contributed by atoms with van der Waals surface area (Å²) in [6, 6.07) is 5.46. The molecular weight excluding hydrogens is 364 g/mol. The number of ether oxygens (including phenoxy) is 3. The maximum absolute atomic E-state index is 12.1. The molecule has 0 saturated carbocycles. The Kier molecular flexibility index (Phi) is 5.92. The number of benzene rings is 1. The Labute approximate surface area is 143 Å². The van der Waals surface area contributed by atoms with Crippen LogP contribution in [-0.4, -0.2) is 32.2 Å². The number of amides is 1.